The van der Waals surface area contributed by atoms with Crippen molar-refractivity contribution in [2.45, 2.75) is 32.5 Å². The largest absolute Gasteiger partial charge is 0.487 e. The van der Waals surface area contributed by atoms with E-state index in [9.17, 15) is 9.59 Å². The van der Waals surface area contributed by atoms with Crippen LogP contribution in [0.4, 0.5) is 0 Å². The van der Waals surface area contributed by atoms with E-state index in [-0.39, 0.29) is 17.9 Å². The maximum absolute atomic E-state index is 12.5. The van der Waals surface area contributed by atoms with Crippen molar-refractivity contribution in [1.29, 1.82) is 0 Å². The zero-order valence-corrected chi connectivity index (χ0v) is 17.1. The standard InChI is InChI=1S/C22H23N3O3S/c1-15(24-21(26)16(2)25-22(27)20-10-6-12-29-20)17-7-5-9-19(13-17)28-14-18-8-3-4-11-23-18/h3-13,15-16H,14H2,1-2H3,(H,24,26)(H,25,27). The molecule has 0 bridgehead atoms. The Morgan fingerprint density at radius 3 is 2.66 bits per heavy atom. The number of ether oxygens (including phenoxy) is 1. The molecule has 7 heteroatoms. The van der Waals surface area contributed by atoms with Crippen molar-refractivity contribution in [3.05, 3.63) is 82.3 Å². The Morgan fingerprint density at radius 2 is 1.93 bits per heavy atom. The topological polar surface area (TPSA) is 80.3 Å². The van der Waals surface area contributed by atoms with Crippen molar-refractivity contribution >= 4 is 23.2 Å². The maximum Gasteiger partial charge on any atom is 0.261 e. The minimum Gasteiger partial charge on any atom is -0.487 e. The molecule has 0 radical (unpaired) electrons. The van der Waals surface area contributed by atoms with E-state index in [4.69, 9.17) is 4.74 Å². The lowest BCUT2D eigenvalue weighted by Crippen LogP contribution is -2.45. The molecular formula is C22H23N3O3S. The third-order valence-electron chi connectivity index (χ3n) is 4.32. The van der Waals surface area contributed by atoms with Gasteiger partial charge in [-0.05, 0) is 55.1 Å². The first kappa shape index (κ1) is 20.5. The summed E-state index contributed by atoms with van der Waals surface area (Å²) >= 11 is 1.34. The van der Waals surface area contributed by atoms with Crippen LogP contribution in [-0.2, 0) is 11.4 Å². The Kier molecular flexibility index (Phi) is 6.97. The SMILES string of the molecule is CC(NC(=O)c1cccs1)C(=O)NC(C)c1cccc(OCc2ccccn2)c1. The number of benzene rings is 1. The van der Waals surface area contributed by atoms with Crippen LogP contribution in [-0.4, -0.2) is 22.8 Å². The van der Waals surface area contributed by atoms with Crippen LogP contribution in [0.2, 0.25) is 0 Å². The molecule has 1 aromatic carbocycles. The summed E-state index contributed by atoms with van der Waals surface area (Å²) in [6, 6.07) is 15.9. The van der Waals surface area contributed by atoms with Crippen LogP contribution in [0, 0.1) is 0 Å². The highest BCUT2D eigenvalue weighted by Crippen LogP contribution is 2.20. The van der Waals surface area contributed by atoms with Gasteiger partial charge < -0.3 is 15.4 Å². The zero-order chi connectivity index (χ0) is 20.6. The van der Waals surface area contributed by atoms with Crippen LogP contribution in [0.3, 0.4) is 0 Å². The van der Waals surface area contributed by atoms with Gasteiger partial charge in [-0.3, -0.25) is 14.6 Å². The molecule has 0 fully saturated rings. The van der Waals surface area contributed by atoms with E-state index < -0.39 is 6.04 Å². The third kappa shape index (κ3) is 5.89. The first-order valence-corrected chi connectivity index (χ1v) is 10.2. The second-order valence-corrected chi connectivity index (χ2v) is 7.53. The fourth-order valence-corrected chi connectivity index (χ4v) is 3.30. The second kappa shape index (κ2) is 9.84. The van der Waals surface area contributed by atoms with E-state index in [2.05, 4.69) is 15.6 Å². The summed E-state index contributed by atoms with van der Waals surface area (Å²) in [6.07, 6.45) is 1.73. The number of amides is 2. The second-order valence-electron chi connectivity index (χ2n) is 6.58. The molecule has 0 spiro atoms. The molecule has 0 aliphatic carbocycles. The van der Waals surface area contributed by atoms with Gasteiger partial charge in [0.25, 0.3) is 5.91 Å². The van der Waals surface area contributed by atoms with Crippen LogP contribution >= 0.6 is 11.3 Å². The first-order valence-electron chi connectivity index (χ1n) is 9.30. The van der Waals surface area contributed by atoms with Crippen LogP contribution in [0.5, 0.6) is 5.75 Å². The molecule has 150 valence electrons. The summed E-state index contributed by atoms with van der Waals surface area (Å²) in [5, 5.41) is 7.47. The Morgan fingerprint density at radius 1 is 1.07 bits per heavy atom. The molecule has 3 aromatic rings. The summed E-state index contributed by atoms with van der Waals surface area (Å²) in [6.45, 7) is 3.93. The monoisotopic (exact) mass is 409 g/mol. The highest BCUT2D eigenvalue weighted by atomic mass is 32.1. The quantitative estimate of drug-likeness (QED) is 0.594. The number of rotatable bonds is 8. The Hall–Kier alpha value is -3.19. The van der Waals surface area contributed by atoms with Crippen molar-refractivity contribution in [1.82, 2.24) is 15.6 Å². The third-order valence-corrected chi connectivity index (χ3v) is 5.18. The van der Waals surface area contributed by atoms with Gasteiger partial charge in [0, 0.05) is 6.20 Å². The van der Waals surface area contributed by atoms with E-state index in [1.54, 1.807) is 25.3 Å². The van der Waals surface area contributed by atoms with Crippen LogP contribution < -0.4 is 15.4 Å². The summed E-state index contributed by atoms with van der Waals surface area (Å²) in [5.41, 5.74) is 1.75. The van der Waals surface area contributed by atoms with Crippen molar-refractivity contribution in [3.63, 3.8) is 0 Å². The molecule has 2 atom stereocenters. The fourth-order valence-electron chi connectivity index (χ4n) is 2.68. The van der Waals surface area contributed by atoms with Crippen molar-refractivity contribution in [2.24, 2.45) is 0 Å². The summed E-state index contributed by atoms with van der Waals surface area (Å²) in [7, 11) is 0. The Balaban J connectivity index is 1.54. The van der Waals surface area contributed by atoms with Crippen molar-refractivity contribution in [3.8, 4) is 5.75 Å². The number of carbonyl (C=O) groups excluding carboxylic acids is 2. The zero-order valence-electron chi connectivity index (χ0n) is 16.3. The summed E-state index contributed by atoms with van der Waals surface area (Å²) in [5.74, 6) is 0.204. The molecular weight excluding hydrogens is 386 g/mol. The number of nitrogens with one attached hydrogen (secondary N) is 2. The van der Waals surface area contributed by atoms with Crippen LogP contribution in [0.15, 0.2) is 66.2 Å². The van der Waals surface area contributed by atoms with E-state index in [1.165, 1.54) is 11.3 Å². The minimum atomic E-state index is -0.643. The molecule has 0 saturated heterocycles. The van der Waals surface area contributed by atoms with E-state index in [0.717, 1.165) is 11.3 Å². The normalized spacial score (nSPS) is 12.6. The van der Waals surface area contributed by atoms with E-state index in [1.807, 2.05) is 54.8 Å². The number of hydrogen-bond donors (Lipinski definition) is 2. The van der Waals surface area contributed by atoms with Gasteiger partial charge in [-0.1, -0.05) is 24.3 Å². The van der Waals surface area contributed by atoms with Crippen LogP contribution in [0.1, 0.15) is 40.8 Å². The lowest BCUT2D eigenvalue weighted by atomic mass is 10.1. The molecule has 6 nitrogen and oxygen atoms in total. The van der Waals surface area contributed by atoms with Crippen molar-refractivity contribution in [2.75, 3.05) is 0 Å². The molecule has 0 aliphatic rings. The number of hydrogen-bond acceptors (Lipinski definition) is 5. The lowest BCUT2D eigenvalue weighted by Gasteiger charge is -2.19. The molecule has 2 aromatic heterocycles. The summed E-state index contributed by atoms with van der Waals surface area (Å²) < 4.78 is 5.80. The molecule has 29 heavy (non-hydrogen) atoms. The number of carbonyl (C=O) groups is 2. The highest BCUT2D eigenvalue weighted by Gasteiger charge is 2.19. The minimum absolute atomic E-state index is 0.234. The van der Waals surface area contributed by atoms with Gasteiger partial charge >= 0.3 is 0 Å². The molecule has 2 amide bonds. The average Bonchev–Trinajstić information content (AvgIpc) is 3.28. The first-order chi connectivity index (χ1) is 14.0. The van der Waals surface area contributed by atoms with Gasteiger partial charge in [-0.25, -0.2) is 0 Å². The van der Waals surface area contributed by atoms with Gasteiger partial charge in [-0.15, -0.1) is 11.3 Å². The Bertz CT molecular complexity index is 945. The van der Waals surface area contributed by atoms with E-state index in [0.29, 0.717) is 17.2 Å². The number of nitrogens with zero attached hydrogens (tertiary/aromatic N) is 1. The predicted molar refractivity (Wildman–Crippen MR) is 113 cm³/mol. The van der Waals surface area contributed by atoms with Crippen LogP contribution in [0.25, 0.3) is 0 Å². The van der Waals surface area contributed by atoms with Crippen molar-refractivity contribution < 1.29 is 14.3 Å². The number of pyridine rings is 1. The summed E-state index contributed by atoms with van der Waals surface area (Å²) in [4.78, 5) is 29.4. The smallest absolute Gasteiger partial charge is 0.261 e. The molecule has 3 rings (SSSR count). The molecule has 2 heterocycles. The Labute approximate surface area is 173 Å². The van der Waals surface area contributed by atoms with Gasteiger partial charge in [0.2, 0.25) is 5.91 Å². The molecule has 2 unspecified atom stereocenters. The maximum atomic E-state index is 12.5. The van der Waals surface area contributed by atoms with Gasteiger partial charge in [0.05, 0.1) is 16.6 Å². The average molecular weight is 410 g/mol. The highest BCUT2D eigenvalue weighted by molar-refractivity contribution is 7.12. The number of aromatic nitrogens is 1. The number of thiophene rings is 1. The molecule has 0 aliphatic heterocycles. The van der Waals surface area contributed by atoms with Gasteiger partial charge in [-0.2, -0.15) is 0 Å². The molecule has 2 N–H and O–H groups in total. The van der Waals surface area contributed by atoms with Gasteiger partial charge in [0.1, 0.15) is 18.4 Å². The molecule has 0 saturated carbocycles. The van der Waals surface area contributed by atoms with E-state index >= 15 is 0 Å². The fraction of sp³-hybridized carbons (Fsp3) is 0.227. The lowest BCUT2D eigenvalue weighted by molar-refractivity contribution is -0.123. The van der Waals surface area contributed by atoms with Gasteiger partial charge in [0.15, 0.2) is 0 Å². The predicted octanol–water partition coefficient (Wildman–Crippen LogP) is 3.72.